The van der Waals surface area contributed by atoms with Gasteiger partial charge < -0.3 is 19.3 Å². The lowest BCUT2D eigenvalue weighted by Crippen LogP contribution is -2.71. The van der Waals surface area contributed by atoms with Crippen molar-refractivity contribution in [2.24, 2.45) is 0 Å². The number of ether oxygens (including phenoxy) is 2. The molecule has 0 aromatic heterocycles. The molecule has 0 saturated carbocycles. The SMILES string of the molecule is COc1cc2c(cc1OC)[C@@]1(Cc3ccccc3)C(=O)N(C)[C@@H](Cc3ccccc3)C(=O)N1CC2. The van der Waals surface area contributed by atoms with Crippen LogP contribution in [0.3, 0.4) is 0 Å². The van der Waals surface area contributed by atoms with Crippen LogP contribution in [0.5, 0.6) is 11.5 Å². The third-order valence-electron chi connectivity index (χ3n) is 7.39. The summed E-state index contributed by atoms with van der Waals surface area (Å²) in [6, 6.07) is 23.1. The number of piperazine rings is 1. The zero-order valence-electron chi connectivity index (χ0n) is 20.4. The topological polar surface area (TPSA) is 59.1 Å². The molecule has 0 radical (unpaired) electrons. The molecule has 0 aliphatic carbocycles. The van der Waals surface area contributed by atoms with Gasteiger partial charge in [0, 0.05) is 26.4 Å². The Morgan fingerprint density at radius 2 is 1.49 bits per heavy atom. The number of carbonyl (C=O) groups is 2. The molecule has 0 spiro atoms. The van der Waals surface area contributed by atoms with Gasteiger partial charge in [-0.25, -0.2) is 0 Å². The predicted octanol–water partition coefficient (Wildman–Crippen LogP) is 3.61. The minimum absolute atomic E-state index is 0.0210. The standard InChI is InChI=1S/C29H30N2O4/c1-30-24(16-20-10-6-4-7-11-20)27(32)31-15-14-22-17-25(34-2)26(35-3)18-23(22)29(31,28(30)33)19-21-12-8-5-9-13-21/h4-13,17-18,24H,14-16,19H2,1-3H3/t24-,29-/m0/s1. The van der Waals surface area contributed by atoms with E-state index in [1.807, 2.05) is 77.7 Å². The zero-order chi connectivity index (χ0) is 24.6. The zero-order valence-corrected chi connectivity index (χ0v) is 20.4. The van der Waals surface area contributed by atoms with Gasteiger partial charge in [0.1, 0.15) is 6.04 Å². The molecule has 3 aromatic carbocycles. The molecule has 2 heterocycles. The number of carbonyl (C=O) groups excluding carboxylic acids is 2. The van der Waals surface area contributed by atoms with E-state index in [9.17, 15) is 9.59 Å². The Morgan fingerprint density at radius 1 is 0.886 bits per heavy atom. The van der Waals surface area contributed by atoms with Crippen LogP contribution in [0.15, 0.2) is 72.8 Å². The second kappa shape index (κ2) is 9.10. The van der Waals surface area contributed by atoms with E-state index in [1.54, 1.807) is 26.2 Å². The summed E-state index contributed by atoms with van der Waals surface area (Å²) in [7, 11) is 4.95. The summed E-state index contributed by atoms with van der Waals surface area (Å²) in [4.78, 5) is 32.0. The van der Waals surface area contributed by atoms with Gasteiger partial charge in [-0.3, -0.25) is 9.59 Å². The van der Waals surface area contributed by atoms with E-state index < -0.39 is 11.6 Å². The Morgan fingerprint density at radius 3 is 2.11 bits per heavy atom. The maximum atomic E-state index is 14.4. The van der Waals surface area contributed by atoms with Crippen molar-refractivity contribution in [3.8, 4) is 11.5 Å². The van der Waals surface area contributed by atoms with Gasteiger partial charge in [0.25, 0.3) is 5.91 Å². The predicted molar refractivity (Wildman–Crippen MR) is 133 cm³/mol. The van der Waals surface area contributed by atoms with E-state index in [0.717, 1.165) is 22.3 Å². The molecule has 6 nitrogen and oxygen atoms in total. The molecule has 35 heavy (non-hydrogen) atoms. The van der Waals surface area contributed by atoms with Crippen molar-refractivity contribution in [3.05, 3.63) is 95.1 Å². The Labute approximate surface area is 206 Å². The van der Waals surface area contributed by atoms with Crippen LogP contribution in [0, 0.1) is 0 Å². The van der Waals surface area contributed by atoms with Crippen LogP contribution in [0.4, 0.5) is 0 Å². The first-order valence-electron chi connectivity index (χ1n) is 11.9. The summed E-state index contributed by atoms with van der Waals surface area (Å²) in [5, 5.41) is 0. The fraction of sp³-hybridized carbons (Fsp3) is 0.310. The van der Waals surface area contributed by atoms with Gasteiger partial charge >= 0.3 is 0 Å². The van der Waals surface area contributed by atoms with Gasteiger partial charge in [-0.15, -0.1) is 0 Å². The van der Waals surface area contributed by atoms with Crippen LogP contribution in [0.2, 0.25) is 0 Å². The summed E-state index contributed by atoms with van der Waals surface area (Å²) in [6.07, 6.45) is 1.52. The molecule has 1 fully saturated rings. The average molecular weight is 471 g/mol. The van der Waals surface area contributed by atoms with E-state index in [-0.39, 0.29) is 11.8 Å². The Kier molecular flexibility index (Phi) is 5.97. The van der Waals surface area contributed by atoms with E-state index >= 15 is 0 Å². The third kappa shape index (κ3) is 3.73. The highest BCUT2D eigenvalue weighted by molar-refractivity contribution is 6.01. The highest BCUT2D eigenvalue weighted by Crippen LogP contribution is 2.46. The minimum Gasteiger partial charge on any atom is -0.493 e. The Hall–Kier alpha value is -3.80. The van der Waals surface area contributed by atoms with Crippen molar-refractivity contribution in [3.63, 3.8) is 0 Å². The fourth-order valence-electron chi connectivity index (χ4n) is 5.61. The van der Waals surface area contributed by atoms with Gasteiger partial charge in [-0.1, -0.05) is 60.7 Å². The minimum atomic E-state index is -1.15. The van der Waals surface area contributed by atoms with Gasteiger partial charge in [0.2, 0.25) is 5.91 Å². The largest absolute Gasteiger partial charge is 0.493 e. The highest BCUT2D eigenvalue weighted by atomic mass is 16.5. The number of hydrogen-bond acceptors (Lipinski definition) is 4. The summed E-state index contributed by atoms with van der Waals surface area (Å²) in [6.45, 7) is 0.471. The van der Waals surface area contributed by atoms with E-state index in [1.165, 1.54) is 0 Å². The number of rotatable bonds is 6. The number of benzene rings is 3. The third-order valence-corrected chi connectivity index (χ3v) is 7.39. The number of fused-ring (bicyclic) bond motifs is 3. The quantitative estimate of drug-likeness (QED) is 0.552. The molecule has 180 valence electrons. The molecule has 6 heteroatoms. The van der Waals surface area contributed by atoms with Gasteiger partial charge in [0.15, 0.2) is 17.0 Å². The molecule has 2 aliphatic rings. The van der Waals surface area contributed by atoms with Crippen molar-refractivity contribution >= 4 is 11.8 Å². The second-order valence-electron chi connectivity index (χ2n) is 9.25. The number of nitrogens with zero attached hydrogens (tertiary/aromatic N) is 2. The van der Waals surface area contributed by atoms with Gasteiger partial charge in [-0.2, -0.15) is 0 Å². The van der Waals surface area contributed by atoms with Crippen LogP contribution in [0.1, 0.15) is 22.3 Å². The molecule has 5 rings (SSSR count). The van der Waals surface area contributed by atoms with Crippen LogP contribution in [0.25, 0.3) is 0 Å². The smallest absolute Gasteiger partial charge is 0.254 e. The molecular formula is C29H30N2O4. The molecule has 2 atom stereocenters. The second-order valence-corrected chi connectivity index (χ2v) is 9.25. The van der Waals surface area contributed by atoms with Crippen molar-refractivity contribution in [1.29, 1.82) is 0 Å². The molecule has 0 bridgehead atoms. The van der Waals surface area contributed by atoms with E-state index in [0.29, 0.717) is 37.3 Å². The first-order chi connectivity index (χ1) is 17.0. The van der Waals surface area contributed by atoms with Crippen molar-refractivity contribution < 1.29 is 19.1 Å². The number of hydrogen-bond donors (Lipinski definition) is 0. The molecule has 3 aromatic rings. The van der Waals surface area contributed by atoms with Crippen LogP contribution >= 0.6 is 0 Å². The Bertz CT molecular complexity index is 1240. The first-order valence-corrected chi connectivity index (χ1v) is 11.9. The van der Waals surface area contributed by atoms with Crippen LogP contribution in [-0.4, -0.2) is 55.5 Å². The fourth-order valence-corrected chi connectivity index (χ4v) is 5.61. The van der Waals surface area contributed by atoms with Crippen molar-refractivity contribution in [2.75, 3.05) is 27.8 Å². The summed E-state index contributed by atoms with van der Waals surface area (Å²) in [5.41, 5.74) is 2.70. The molecule has 2 amide bonds. The molecule has 0 unspecified atom stereocenters. The van der Waals surface area contributed by atoms with E-state index in [2.05, 4.69) is 0 Å². The highest BCUT2D eigenvalue weighted by Gasteiger charge is 2.58. The van der Waals surface area contributed by atoms with Gasteiger partial charge in [-0.05, 0) is 40.8 Å². The van der Waals surface area contributed by atoms with Crippen LogP contribution < -0.4 is 9.47 Å². The van der Waals surface area contributed by atoms with Crippen molar-refractivity contribution in [2.45, 2.75) is 30.8 Å². The molecule has 2 aliphatic heterocycles. The lowest BCUT2D eigenvalue weighted by molar-refractivity contribution is -0.171. The normalized spacial score (nSPS) is 21.4. The summed E-state index contributed by atoms with van der Waals surface area (Å²) < 4.78 is 11.2. The lowest BCUT2D eigenvalue weighted by Gasteiger charge is -2.54. The average Bonchev–Trinajstić information content (AvgIpc) is 2.90. The van der Waals surface area contributed by atoms with Gasteiger partial charge in [0.05, 0.1) is 14.2 Å². The Balaban J connectivity index is 1.66. The van der Waals surface area contributed by atoms with E-state index in [4.69, 9.17) is 9.47 Å². The molecular weight excluding hydrogens is 440 g/mol. The first kappa shape index (κ1) is 23.0. The van der Waals surface area contributed by atoms with Crippen molar-refractivity contribution in [1.82, 2.24) is 9.80 Å². The maximum absolute atomic E-state index is 14.4. The summed E-state index contributed by atoms with van der Waals surface area (Å²) >= 11 is 0. The number of amides is 2. The van der Waals surface area contributed by atoms with Crippen LogP contribution in [-0.2, 0) is 34.4 Å². The number of likely N-dealkylation sites (N-methyl/N-ethyl adjacent to an activating group) is 1. The molecule has 0 N–H and O–H groups in total. The lowest BCUT2D eigenvalue weighted by atomic mass is 9.73. The monoisotopic (exact) mass is 470 g/mol. The number of methoxy groups -OCH3 is 2. The summed E-state index contributed by atoms with van der Waals surface area (Å²) in [5.74, 6) is 1.08. The maximum Gasteiger partial charge on any atom is 0.254 e. The molecule has 1 saturated heterocycles.